The predicted molar refractivity (Wildman–Crippen MR) is 82.8 cm³/mol. The zero-order valence-electron chi connectivity index (χ0n) is 13.1. The number of nitriles is 1. The van der Waals surface area contributed by atoms with E-state index < -0.39 is 5.69 Å². The average molecular weight is 311 g/mol. The first kappa shape index (κ1) is 15.0. The Balaban J connectivity index is 1.89. The molecule has 0 aliphatic carbocycles. The number of aromatic nitrogens is 3. The van der Waals surface area contributed by atoms with Crippen molar-refractivity contribution in [3.05, 3.63) is 51.2 Å². The molecule has 0 spiro atoms. The standard InChI is InChI=1S/C16H17N5O2/c1-11-3-4-12(2)13(9-11)10-19-7-8-20-14(15(19)22)18-21(6-5-17)16(20)23/h3-4,9H,6-8,10H2,1-2H3. The van der Waals surface area contributed by atoms with E-state index in [1.807, 2.05) is 32.0 Å². The monoisotopic (exact) mass is 311 g/mol. The molecule has 0 N–H and O–H groups in total. The number of fused-ring (bicyclic) bond motifs is 1. The highest BCUT2D eigenvalue weighted by molar-refractivity contribution is 5.91. The minimum atomic E-state index is -0.402. The summed E-state index contributed by atoms with van der Waals surface area (Å²) < 4.78 is 2.38. The molecule has 1 aliphatic heterocycles. The first-order valence-corrected chi connectivity index (χ1v) is 7.41. The van der Waals surface area contributed by atoms with Crippen molar-refractivity contribution in [2.75, 3.05) is 6.54 Å². The van der Waals surface area contributed by atoms with Crippen LogP contribution in [0.25, 0.3) is 0 Å². The fraction of sp³-hybridized carbons (Fsp3) is 0.375. The fourth-order valence-corrected chi connectivity index (χ4v) is 2.76. The molecule has 118 valence electrons. The first-order valence-electron chi connectivity index (χ1n) is 7.41. The van der Waals surface area contributed by atoms with E-state index in [0.29, 0.717) is 19.6 Å². The summed E-state index contributed by atoms with van der Waals surface area (Å²) in [5.74, 6) is -0.159. The Bertz CT molecular complexity index is 872. The molecule has 2 heterocycles. The number of aryl methyl sites for hydroxylation is 2. The van der Waals surface area contributed by atoms with Gasteiger partial charge in [0.2, 0.25) is 5.82 Å². The maximum absolute atomic E-state index is 12.6. The number of rotatable bonds is 3. The molecular weight excluding hydrogens is 294 g/mol. The minimum Gasteiger partial charge on any atom is -0.330 e. The quantitative estimate of drug-likeness (QED) is 0.841. The maximum atomic E-state index is 12.6. The van der Waals surface area contributed by atoms with E-state index >= 15 is 0 Å². The number of benzene rings is 1. The average Bonchev–Trinajstić information content (AvgIpc) is 2.84. The van der Waals surface area contributed by atoms with Crippen LogP contribution in [-0.2, 0) is 19.6 Å². The van der Waals surface area contributed by atoms with Gasteiger partial charge in [0.15, 0.2) is 0 Å². The van der Waals surface area contributed by atoms with E-state index in [0.717, 1.165) is 21.4 Å². The summed E-state index contributed by atoms with van der Waals surface area (Å²) >= 11 is 0. The Labute approximate surface area is 133 Å². The summed E-state index contributed by atoms with van der Waals surface area (Å²) in [5, 5.41) is 12.7. The van der Waals surface area contributed by atoms with Gasteiger partial charge in [-0.15, -0.1) is 5.10 Å². The maximum Gasteiger partial charge on any atom is 0.347 e. The van der Waals surface area contributed by atoms with E-state index in [1.54, 1.807) is 4.90 Å². The van der Waals surface area contributed by atoms with Crippen LogP contribution in [0.2, 0.25) is 0 Å². The van der Waals surface area contributed by atoms with Gasteiger partial charge < -0.3 is 4.90 Å². The molecule has 1 amide bonds. The van der Waals surface area contributed by atoms with Crippen molar-refractivity contribution in [3.8, 4) is 6.07 Å². The van der Waals surface area contributed by atoms with Gasteiger partial charge in [-0.2, -0.15) is 9.94 Å². The molecule has 1 aliphatic rings. The van der Waals surface area contributed by atoms with Crippen molar-refractivity contribution >= 4 is 5.91 Å². The minimum absolute atomic E-state index is 0.113. The Morgan fingerprint density at radius 3 is 2.78 bits per heavy atom. The lowest BCUT2D eigenvalue weighted by Gasteiger charge is -2.27. The lowest BCUT2D eigenvalue weighted by molar-refractivity contribution is 0.0681. The second-order valence-electron chi connectivity index (χ2n) is 5.73. The summed E-state index contributed by atoms with van der Waals surface area (Å²) in [6.45, 7) is 5.23. The van der Waals surface area contributed by atoms with Crippen LogP contribution in [0.5, 0.6) is 0 Å². The van der Waals surface area contributed by atoms with Crippen LogP contribution in [-0.4, -0.2) is 31.7 Å². The second kappa shape index (κ2) is 5.72. The molecule has 1 aromatic carbocycles. The highest BCUT2D eigenvalue weighted by Crippen LogP contribution is 2.17. The van der Waals surface area contributed by atoms with Gasteiger partial charge in [0.25, 0.3) is 5.91 Å². The number of hydrogen-bond donors (Lipinski definition) is 0. The van der Waals surface area contributed by atoms with E-state index in [4.69, 9.17) is 5.26 Å². The number of carbonyl (C=O) groups excluding carboxylic acids is 1. The van der Waals surface area contributed by atoms with Crippen LogP contribution in [0.1, 0.15) is 27.3 Å². The molecule has 0 unspecified atom stereocenters. The van der Waals surface area contributed by atoms with Crippen LogP contribution >= 0.6 is 0 Å². The largest absolute Gasteiger partial charge is 0.347 e. The first-order chi connectivity index (χ1) is 11.0. The van der Waals surface area contributed by atoms with Gasteiger partial charge in [0.05, 0.1) is 6.07 Å². The fourth-order valence-electron chi connectivity index (χ4n) is 2.76. The summed E-state index contributed by atoms with van der Waals surface area (Å²) in [6.07, 6.45) is 0. The van der Waals surface area contributed by atoms with Gasteiger partial charge >= 0.3 is 5.69 Å². The van der Waals surface area contributed by atoms with E-state index in [1.165, 1.54) is 4.57 Å². The molecule has 0 fully saturated rings. The lowest BCUT2D eigenvalue weighted by Crippen LogP contribution is -2.42. The van der Waals surface area contributed by atoms with Crippen LogP contribution in [0.3, 0.4) is 0 Å². The Hall–Kier alpha value is -2.88. The van der Waals surface area contributed by atoms with E-state index in [-0.39, 0.29) is 18.3 Å². The number of hydrogen-bond acceptors (Lipinski definition) is 4. The highest BCUT2D eigenvalue weighted by atomic mass is 16.2. The molecule has 0 saturated heterocycles. The van der Waals surface area contributed by atoms with E-state index in [2.05, 4.69) is 11.2 Å². The summed E-state index contributed by atoms with van der Waals surface area (Å²) in [6, 6.07) is 8.02. The molecule has 0 saturated carbocycles. The Kier molecular flexibility index (Phi) is 3.74. The van der Waals surface area contributed by atoms with Crippen LogP contribution in [0.4, 0.5) is 0 Å². The molecule has 2 aromatic rings. The second-order valence-corrected chi connectivity index (χ2v) is 5.73. The Morgan fingerprint density at radius 1 is 1.26 bits per heavy atom. The molecule has 7 heteroatoms. The van der Waals surface area contributed by atoms with Crippen molar-refractivity contribution in [2.45, 2.75) is 33.5 Å². The lowest BCUT2D eigenvalue weighted by atomic mass is 10.0. The molecule has 1 aromatic heterocycles. The molecule has 0 radical (unpaired) electrons. The van der Waals surface area contributed by atoms with Crippen LogP contribution in [0, 0.1) is 25.2 Å². The van der Waals surface area contributed by atoms with Crippen LogP contribution in [0.15, 0.2) is 23.0 Å². The van der Waals surface area contributed by atoms with Crippen LogP contribution < -0.4 is 5.69 Å². The van der Waals surface area contributed by atoms with Gasteiger partial charge in [-0.05, 0) is 25.0 Å². The molecule has 0 bridgehead atoms. The van der Waals surface area contributed by atoms with Crippen molar-refractivity contribution in [3.63, 3.8) is 0 Å². The third-order valence-corrected chi connectivity index (χ3v) is 4.08. The van der Waals surface area contributed by atoms with Crippen molar-refractivity contribution < 1.29 is 4.79 Å². The molecule has 23 heavy (non-hydrogen) atoms. The number of carbonyl (C=O) groups is 1. The van der Waals surface area contributed by atoms with Gasteiger partial charge in [0.1, 0.15) is 6.54 Å². The normalized spacial score (nSPS) is 13.8. The summed E-state index contributed by atoms with van der Waals surface area (Å²) in [5.41, 5.74) is 2.96. The van der Waals surface area contributed by atoms with Crippen molar-refractivity contribution in [1.29, 1.82) is 5.26 Å². The van der Waals surface area contributed by atoms with Crippen molar-refractivity contribution in [1.82, 2.24) is 19.2 Å². The SMILES string of the molecule is Cc1ccc(C)c(CN2CCn3c(nn(CC#N)c3=O)C2=O)c1. The van der Waals surface area contributed by atoms with E-state index in [9.17, 15) is 9.59 Å². The van der Waals surface area contributed by atoms with Gasteiger partial charge in [0, 0.05) is 19.6 Å². The third-order valence-electron chi connectivity index (χ3n) is 4.08. The predicted octanol–water partition coefficient (Wildman–Crippen LogP) is 0.841. The zero-order valence-corrected chi connectivity index (χ0v) is 13.1. The Morgan fingerprint density at radius 2 is 2.04 bits per heavy atom. The van der Waals surface area contributed by atoms with Gasteiger partial charge in [-0.25, -0.2) is 4.79 Å². The number of nitrogens with zero attached hydrogens (tertiary/aromatic N) is 5. The topological polar surface area (TPSA) is 83.9 Å². The zero-order chi connectivity index (χ0) is 16.6. The summed E-state index contributed by atoms with van der Waals surface area (Å²) in [4.78, 5) is 26.3. The van der Waals surface area contributed by atoms with Gasteiger partial charge in [-0.3, -0.25) is 9.36 Å². The molecule has 0 atom stereocenters. The smallest absolute Gasteiger partial charge is 0.330 e. The highest BCUT2D eigenvalue weighted by Gasteiger charge is 2.29. The molecule has 7 nitrogen and oxygen atoms in total. The van der Waals surface area contributed by atoms with Crippen molar-refractivity contribution in [2.24, 2.45) is 0 Å². The molecular formula is C16H17N5O2. The third kappa shape index (κ3) is 2.63. The summed E-state index contributed by atoms with van der Waals surface area (Å²) in [7, 11) is 0. The van der Waals surface area contributed by atoms with Gasteiger partial charge in [-0.1, -0.05) is 23.8 Å². The molecule has 3 rings (SSSR count). The number of amides is 1.